The monoisotopic (exact) mass is 212 g/mol. The molecule has 0 heterocycles. The van der Waals surface area contributed by atoms with Crippen molar-refractivity contribution in [2.45, 2.75) is 17.2 Å². The fourth-order valence-electron chi connectivity index (χ4n) is 0.253. The summed E-state index contributed by atoms with van der Waals surface area (Å²) in [5.41, 5.74) is 0. The lowest BCUT2D eigenvalue weighted by Gasteiger charge is -2.10. The van der Waals surface area contributed by atoms with Crippen LogP contribution in [0.4, 0.5) is 22.0 Å². The summed E-state index contributed by atoms with van der Waals surface area (Å²) in [4.78, 5) is 0. The van der Waals surface area contributed by atoms with Gasteiger partial charge in [0.2, 0.25) is 0 Å². The lowest BCUT2D eigenvalue weighted by atomic mass is 10.8. The number of rotatable bonds is 3. The number of thioether (sulfide) groups is 1. The molecule has 0 radical (unpaired) electrons. The molecule has 0 aromatic rings. The van der Waals surface area contributed by atoms with Crippen molar-refractivity contribution in [3.8, 4) is 0 Å². The van der Waals surface area contributed by atoms with Gasteiger partial charge < -0.3 is 0 Å². The number of thiol groups is 1. The normalized spacial score (nSPS) is 15.5. The van der Waals surface area contributed by atoms with E-state index in [2.05, 4.69) is 12.6 Å². The molecule has 0 aliphatic carbocycles. The minimum atomic E-state index is -4.40. The number of alkyl halides is 5. The summed E-state index contributed by atoms with van der Waals surface area (Å²) in [5.74, 6) is -1.29. The molecule has 68 valence electrons. The molecule has 7 heteroatoms. The van der Waals surface area contributed by atoms with Crippen LogP contribution in [0.25, 0.3) is 0 Å². The molecule has 0 N–H and O–H groups in total. The Hall–Kier alpha value is 0.350. The van der Waals surface area contributed by atoms with Crippen LogP contribution in [0.5, 0.6) is 0 Å². The summed E-state index contributed by atoms with van der Waals surface area (Å²) in [6, 6.07) is 0. The van der Waals surface area contributed by atoms with Crippen LogP contribution in [-0.4, -0.2) is 22.9 Å². The lowest BCUT2D eigenvalue weighted by Crippen LogP contribution is -2.16. The maximum Gasteiger partial charge on any atom is 0.397 e. The van der Waals surface area contributed by atoms with E-state index in [4.69, 9.17) is 0 Å². The van der Waals surface area contributed by atoms with Crippen LogP contribution in [-0.2, 0) is 0 Å². The van der Waals surface area contributed by atoms with Gasteiger partial charge in [-0.25, -0.2) is 8.78 Å². The molecule has 0 saturated heterocycles. The van der Waals surface area contributed by atoms with E-state index in [0.717, 1.165) is 0 Å². The second kappa shape index (κ2) is 4.39. The zero-order valence-corrected chi connectivity index (χ0v) is 6.82. The lowest BCUT2D eigenvalue weighted by molar-refractivity contribution is -0.105. The van der Waals surface area contributed by atoms with E-state index in [9.17, 15) is 22.0 Å². The Morgan fingerprint density at radius 1 is 1.27 bits per heavy atom. The maximum absolute atomic E-state index is 11.5. The average Bonchev–Trinajstić information content (AvgIpc) is 1.80. The van der Waals surface area contributed by atoms with Gasteiger partial charge in [-0.15, -0.1) is 11.8 Å². The molecule has 0 saturated carbocycles. The van der Waals surface area contributed by atoms with Gasteiger partial charge in [0, 0.05) is 0 Å². The predicted molar refractivity (Wildman–Crippen MR) is 37.3 cm³/mol. The molecular formula is C4H5F5S2. The van der Waals surface area contributed by atoms with Crippen molar-refractivity contribution in [1.29, 1.82) is 0 Å². The first-order valence-corrected chi connectivity index (χ1v) is 4.04. The van der Waals surface area contributed by atoms with Gasteiger partial charge in [0.05, 0.1) is 5.75 Å². The third kappa shape index (κ3) is 6.74. The molecular weight excluding hydrogens is 207 g/mol. The molecule has 1 atom stereocenters. The van der Waals surface area contributed by atoms with Crippen molar-refractivity contribution in [3.05, 3.63) is 0 Å². The van der Waals surface area contributed by atoms with E-state index in [1.165, 1.54) is 0 Å². The highest BCUT2D eigenvalue weighted by atomic mass is 32.2. The molecule has 11 heavy (non-hydrogen) atoms. The Morgan fingerprint density at radius 3 is 2.00 bits per heavy atom. The molecule has 0 aromatic carbocycles. The standard InChI is InChI=1S/C4H5F5S2/c5-2(6)3(10)11-1-4(7,8)9/h2-3,10H,1H2. The first-order chi connectivity index (χ1) is 4.83. The van der Waals surface area contributed by atoms with Gasteiger partial charge in [0.25, 0.3) is 6.43 Å². The molecule has 0 fully saturated rings. The molecule has 1 unspecified atom stereocenters. The smallest absolute Gasteiger partial charge is 0.208 e. The van der Waals surface area contributed by atoms with Gasteiger partial charge in [0.1, 0.15) is 4.58 Å². The molecule has 0 nitrogen and oxygen atoms in total. The van der Waals surface area contributed by atoms with Crippen molar-refractivity contribution in [3.63, 3.8) is 0 Å². The molecule has 0 amide bonds. The van der Waals surface area contributed by atoms with E-state index in [1.807, 2.05) is 0 Å². The Kier molecular flexibility index (Phi) is 4.53. The average molecular weight is 212 g/mol. The fourth-order valence-corrected chi connectivity index (χ4v) is 0.981. The quantitative estimate of drug-likeness (QED) is 0.426. The highest BCUT2D eigenvalue weighted by Gasteiger charge is 2.30. The van der Waals surface area contributed by atoms with Crippen LogP contribution in [0.1, 0.15) is 0 Å². The van der Waals surface area contributed by atoms with Gasteiger partial charge in [-0.2, -0.15) is 25.8 Å². The molecule has 0 aromatic heterocycles. The molecule has 0 rings (SSSR count). The van der Waals surface area contributed by atoms with Gasteiger partial charge in [0.15, 0.2) is 0 Å². The molecule has 0 aliphatic rings. The third-order valence-electron chi connectivity index (χ3n) is 0.633. The Bertz CT molecular complexity index is 112. The minimum Gasteiger partial charge on any atom is -0.208 e. The van der Waals surface area contributed by atoms with Crippen LogP contribution in [0.15, 0.2) is 0 Å². The zero-order chi connectivity index (χ0) is 9.07. The van der Waals surface area contributed by atoms with E-state index in [1.54, 1.807) is 0 Å². The highest BCUT2D eigenvalue weighted by Crippen LogP contribution is 2.28. The zero-order valence-electron chi connectivity index (χ0n) is 5.11. The predicted octanol–water partition coefficient (Wildman–Crippen LogP) is 2.80. The number of halogens is 5. The highest BCUT2D eigenvalue weighted by molar-refractivity contribution is 8.10. The van der Waals surface area contributed by atoms with E-state index in [0.29, 0.717) is 0 Å². The summed E-state index contributed by atoms with van der Waals surface area (Å²) in [5, 5.41) is 0. The fraction of sp³-hybridized carbons (Fsp3) is 1.00. The van der Waals surface area contributed by atoms with E-state index in [-0.39, 0.29) is 11.8 Å². The van der Waals surface area contributed by atoms with Gasteiger partial charge in [-0.1, -0.05) is 0 Å². The van der Waals surface area contributed by atoms with Crippen molar-refractivity contribution in [2.24, 2.45) is 0 Å². The minimum absolute atomic E-state index is 0.0806. The van der Waals surface area contributed by atoms with Crippen molar-refractivity contribution >= 4 is 24.4 Å². The van der Waals surface area contributed by atoms with Crippen molar-refractivity contribution < 1.29 is 22.0 Å². The van der Waals surface area contributed by atoms with Gasteiger partial charge in [-0.3, -0.25) is 0 Å². The maximum atomic E-state index is 11.5. The Morgan fingerprint density at radius 2 is 1.73 bits per heavy atom. The van der Waals surface area contributed by atoms with Crippen LogP contribution in [0.2, 0.25) is 0 Å². The summed E-state index contributed by atoms with van der Waals surface area (Å²) in [7, 11) is 0. The Balaban J connectivity index is 3.54. The molecule has 0 bridgehead atoms. The van der Waals surface area contributed by atoms with E-state index < -0.39 is 22.9 Å². The SMILES string of the molecule is FC(F)C(S)SCC(F)(F)F. The van der Waals surface area contributed by atoms with Gasteiger partial charge in [-0.05, 0) is 0 Å². The molecule has 0 aliphatic heterocycles. The summed E-state index contributed by atoms with van der Waals surface area (Å²) in [6.07, 6.45) is -7.23. The summed E-state index contributed by atoms with van der Waals surface area (Å²) in [6.45, 7) is 0. The number of hydrogen-bond acceptors (Lipinski definition) is 2. The van der Waals surface area contributed by atoms with Crippen molar-refractivity contribution in [2.75, 3.05) is 5.75 Å². The van der Waals surface area contributed by atoms with Crippen LogP contribution >= 0.6 is 24.4 Å². The number of hydrogen-bond donors (Lipinski definition) is 1. The second-order valence-electron chi connectivity index (χ2n) is 1.65. The molecule has 0 spiro atoms. The first kappa shape index (κ1) is 11.4. The topological polar surface area (TPSA) is 0 Å². The van der Waals surface area contributed by atoms with Crippen molar-refractivity contribution in [1.82, 2.24) is 0 Å². The Labute approximate surface area is 69.9 Å². The summed E-state index contributed by atoms with van der Waals surface area (Å²) >= 11 is 3.33. The van der Waals surface area contributed by atoms with Crippen LogP contribution in [0.3, 0.4) is 0 Å². The van der Waals surface area contributed by atoms with Crippen LogP contribution < -0.4 is 0 Å². The van der Waals surface area contributed by atoms with E-state index >= 15 is 0 Å². The first-order valence-electron chi connectivity index (χ1n) is 2.47. The third-order valence-corrected chi connectivity index (χ3v) is 2.35. The van der Waals surface area contributed by atoms with Crippen LogP contribution in [0, 0.1) is 0 Å². The van der Waals surface area contributed by atoms with Gasteiger partial charge >= 0.3 is 6.18 Å². The summed E-state index contributed by atoms with van der Waals surface area (Å²) < 4.78 is 55.7. The second-order valence-corrected chi connectivity index (χ2v) is 3.69. The largest absolute Gasteiger partial charge is 0.397 e.